The molecular weight excluding hydrogens is 334 g/mol. The summed E-state index contributed by atoms with van der Waals surface area (Å²) in [5, 5.41) is 8.24. The molecule has 2 aromatic rings. The summed E-state index contributed by atoms with van der Waals surface area (Å²) in [6.07, 6.45) is 2.63. The Bertz CT molecular complexity index is 596. The van der Waals surface area contributed by atoms with Crippen LogP contribution in [0.25, 0.3) is 11.5 Å². The molecule has 1 aliphatic rings. The molecule has 2 heterocycles. The Labute approximate surface area is 132 Å². The minimum absolute atomic E-state index is 0.336. The van der Waals surface area contributed by atoms with E-state index < -0.39 is 0 Å². The van der Waals surface area contributed by atoms with E-state index in [1.54, 1.807) is 0 Å². The van der Waals surface area contributed by atoms with Crippen molar-refractivity contribution >= 4 is 15.9 Å². The van der Waals surface area contributed by atoms with Crippen LogP contribution < -0.4 is 0 Å². The summed E-state index contributed by atoms with van der Waals surface area (Å²) in [6, 6.07) is 7.84. The molecule has 21 heavy (non-hydrogen) atoms. The maximum atomic E-state index is 5.73. The maximum Gasteiger partial charge on any atom is 0.247 e. The number of nitrogens with zero attached hydrogens (tertiary/aromatic N) is 3. The molecule has 112 valence electrons. The van der Waals surface area contributed by atoms with Crippen LogP contribution in [0.1, 0.15) is 18.7 Å². The van der Waals surface area contributed by atoms with E-state index in [0.29, 0.717) is 24.4 Å². The van der Waals surface area contributed by atoms with Crippen molar-refractivity contribution in [2.75, 3.05) is 20.2 Å². The third-order valence-corrected chi connectivity index (χ3v) is 3.98. The molecule has 1 saturated heterocycles. The van der Waals surface area contributed by atoms with Crippen LogP contribution in [-0.2, 0) is 11.3 Å². The molecule has 5 nitrogen and oxygen atoms in total. The van der Waals surface area contributed by atoms with Crippen molar-refractivity contribution in [1.29, 1.82) is 0 Å². The normalized spacial score (nSPS) is 18.5. The topological polar surface area (TPSA) is 51.4 Å². The summed E-state index contributed by atoms with van der Waals surface area (Å²) < 4.78 is 12.4. The van der Waals surface area contributed by atoms with E-state index in [2.05, 4.69) is 31.0 Å². The standard InChI is InChI=1S/C15H18BrN3O2/c1-19(9-13-6-3-7-20-13)10-14-17-18-15(21-14)11-4-2-5-12(16)8-11/h2,4-5,8,13H,3,6-7,9-10H2,1H3. The van der Waals surface area contributed by atoms with E-state index in [-0.39, 0.29) is 0 Å². The summed E-state index contributed by atoms with van der Waals surface area (Å²) in [5.74, 6) is 1.18. The van der Waals surface area contributed by atoms with Gasteiger partial charge >= 0.3 is 0 Å². The molecule has 0 spiro atoms. The van der Waals surface area contributed by atoms with Gasteiger partial charge < -0.3 is 9.15 Å². The van der Waals surface area contributed by atoms with Crippen LogP contribution in [0.4, 0.5) is 0 Å². The number of rotatable bonds is 5. The van der Waals surface area contributed by atoms with Gasteiger partial charge in [0.2, 0.25) is 11.8 Å². The van der Waals surface area contributed by atoms with Crippen LogP contribution in [-0.4, -0.2) is 41.4 Å². The van der Waals surface area contributed by atoms with Crippen molar-refractivity contribution < 1.29 is 9.15 Å². The van der Waals surface area contributed by atoms with E-state index >= 15 is 0 Å². The van der Waals surface area contributed by atoms with Crippen molar-refractivity contribution in [3.05, 3.63) is 34.6 Å². The summed E-state index contributed by atoms with van der Waals surface area (Å²) in [6.45, 7) is 2.42. The summed E-state index contributed by atoms with van der Waals surface area (Å²) in [7, 11) is 2.05. The highest BCUT2D eigenvalue weighted by molar-refractivity contribution is 9.10. The molecular formula is C15H18BrN3O2. The van der Waals surface area contributed by atoms with Gasteiger partial charge in [-0.25, -0.2) is 0 Å². The zero-order chi connectivity index (χ0) is 14.7. The summed E-state index contributed by atoms with van der Waals surface area (Å²) in [4.78, 5) is 2.16. The minimum atomic E-state index is 0.336. The molecule has 0 amide bonds. The predicted molar refractivity (Wildman–Crippen MR) is 82.7 cm³/mol. The highest BCUT2D eigenvalue weighted by Crippen LogP contribution is 2.22. The zero-order valence-electron chi connectivity index (χ0n) is 12.0. The lowest BCUT2D eigenvalue weighted by atomic mass is 10.2. The number of hydrogen-bond acceptors (Lipinski definition) is 5. The Hall–Kier alpha value is -1.24. The van der Waals surface area contributed by atoms with Crippen LogP contribution in [0.3, 0.4) is 0 Å². The summed E-state index contributed by atoms with van der Waals surface area (Å²) in [5.41, 5.74) is 0.921. The Morgan fingerprint density at radius 3 is 3.05 bits per heavy atom. The third-order valence-electron chi connectivity index (χ3n) is 3.48. The molecule has 3 rings (SSSR count). The molecule has 1 aromatic heterocycles. The smallest absolute Gasteiger partial charge is 0.247 e. The van der Waals surface area contributed by atoms with Gasteiger partial charge in [-0.05, 0) is 38.1 Å². The number of halogens is 1. The van der Waals surface area contributed by atoms with Gasteiger partial charge in [-0.3, -0.25) is 4.90 Å². The van der Waals surface area contributed by atoms with Crippen molar-refractivity contribution in [2.24, 2.45) is 0 Å². The van der Waals surface area contributed by atoms with Crippen LogP contribution >= 0.6 is 15.9 Å². The fraction of sp³-hybridized carbons (Fsp3) is 0.467. The van der Waals surface area contributed by atoms with E-state index in [1.165, 1.54) is 0 Å². The number of hydrogen-bond donors (Lipinski definition) is 0. The SMILES string of the molecule is CN(Cc1nnc(-c2cccc(Br)c2)o1)CC1CCCO1. The van der Waals surface area contributed by atoms with Gasteiger partial charge in [0.05, 0.1) is 12.6 Å². The Morgan fingerprint density at radius 2 is 2.29 bits per heavy atom. The molecule has 0 aliphatic carbocycles. The Morgan fingerprint density at radius 1 is 1.38 bits per heavy atom. The maximum absolute atomic E-state index is 5.73. The van der Waals surface area contributed by atoms with Crippen LogP contribution in [0, 0.1) is 0 Å². The first-order valence-electron chi connectivity index (χ1n) is 7.09. The van der Waals surface area contributed by atoms with Crippen molar-refractivity contribution in [1.82, 2.24) is 15.1 Å². The highest BCUT2D eigenvalue weighted by atomic mass is 79.9. The third kappa shape index (κ3) is 3.90. The largest absolute Gasteiger partial charge is 0.419 e. The predicted octanol–water partition coefficient (Wildman–Crippen LogP) is 3.11. The van der Waals surface area contributed by atoms with Crippen LogP contribution in [0.15, 0.2) is 33.2 Å². The highest BCUT2D eigenvalue weighted by Gasteiger charge is 2.18. The van der Waals surface area contributed by atoms with Gasteiger partial charge in [-0.1, -0.05) is 22.0 Å². The van der Waals surface area contributed by atoms with E-state index in [4.69, 9.17) is 9.15 Å². The fourth-order valence-electron chi connectivity index (χ4n) is 2.49. The lowest BCUT2D eigenvalue weighted by molar-refractivity contribution is 0.0770. The molecule has 0 bridgehead atoms. The first kappa shape index (κ1) is 14.7. The fourth-order valence-corrected chi connectivity index (χ4v) is 2.89. The van der Waals surface area contributed by atoms with Gasteiger partial charge in [0, 0.05) is 23.2 Å². The second-order valence-corrected chi connectivity index (χ2v) is 6.26. The molecule has 0 saturated carbocycles. The van der Waals surface area contributed by atoms with E-state index in [9.17, 15) is 0 Å². The van der Waals surface area contributed by atoms with Gasteiger partial charge in [-0.2, -0.15) is 0 Å². The molecule has 1 aromatic carbocycles. The Kier molecular flexibility index (Phi) is 4.67. The van der Waals surface area contributed by atoms with Crippen molar-refractivity contribution in [3.8, 4) is 11.5 Å². The summed E-state index contributed by atoms with van der Waals surface area (Å²) >= 11 is 3.44. The van der Waals surface area contributed by atoms with E-state index in [1.807, 2.05) is 31.3 Å². The van der Waals surface area contributed by atoms with Crippen molar-refractivity contribution in [3.63, 3.8) is 0 Å². The quantitative estimate of drug-likeness (QED) is 0.828. The Balaban J connectivity index is 1.62. The molecule has 0 N–H and O–H groups in total. The lowest BCUT2D eigenvalue weighted by Crippen LogP contribution is -2.28. The molecule has 1 aliphatic heterocycles. The molecule has 1 unspecified atom stereocenters. The van der Waals surface area contributed by atoms with Gasteiger partial charge in [0.25, 0.3) is 0 Å². The van der Waals surface area contributed by atoms with E-state index in [0.717, 1.165) is 36.0 Å². The average molecular weight is 352 g/mol. The second kappa shape index (κ2) is 6.68. The molecule has 1 fully saturated rings. The first-order chi connectivity index (χ1) is 10.2. The number of benzene rings is 1. The van der Waals surface area contributed by atoms with Crippen LogP contribution in [0.5, 0.6) is 0 Å². The molecule has 1 atom stereocenters. The monoisotopic (exact) mass is 351 g/mol. The van der Waals surface area contributed by atoms with Gasteiger partial charge in [0.1, 0.15) is 0 Å². The molecule has 6 heteroatoms. The zero-order valence-corrected chi connectivity index (χ0v) is 13.5. The van der Waals surface area contributed by atoms with Gasteiger partial charge in [0.15, 0.2) is 0 Å². The number of likely N-dealkylation sites (N-methyl/N-ethyl adjacent to an activating group) is 1. The molecule has 0 radical (unpaired) electrons. The van der Waals surface area contributed by atoms with Crippen molar-refractivity contribution in [2.45, 2.75) is 25.5 Å². The first-order valence-corrected chi connectivity index (χ1v) is 7.88. The number of aromatic nitrogens is 2. The van der Waals surface area contributed by atoms with Crippen LogP contribution in [0.2, 0.25) is 0 Å². The number of ether oxygens (including phenoxy) is 1. The second-order valence-electron chi connectivity index (χ2n) is 5.34. The lowest BCUT2D eigenvalue weighted by Gasteiger charge is -2.18. The van der Waals surface area contributed by atoms with Gasteiger partial charge in [-0.15, -0.1) is 10.2 Å². The minimum Gasteiger partial charge on any atom is -0.419 e. The average Bonchev–Trinajstić information content (AvgIpc) is 3.10.